The van der Waals surface area contributed by atoms with Crippen LogP contribution in [0, 0.1) is 12.3 Å². The van der Waals surface area contributed by atoms with Crippen molar-refractivity contribution < 1.29 is 25.8 Å². The molecule has 0 saturated heterocycles. The minimum absolute atomic E-state index is 0.236. The Morgan fingerprint density at radius 1 is 1.28 bits per heavy atom. The predicted molar refractivity (Wildman–Crippen MR) is 59.2 cm³/mol. The van der Waals surface area contributed by atoms with Crippen molar-refractivity contribution >= 4 is 10.1 Å². The van der Waals surface area contributed by atoms with Gasteiger partial charge < -0.3 is 4.18 Å². The summed E-state index contributed by atoms with van der Waals surface area (Å²) in [5.74, 6) is 1.95. The van der Waals surface area contributed by atoms with Crippen LogP contribution < -0.4 is 4.18 Å². The van der Waals surface area contributed by atoms with Crippen molar-refractivity contribution in [3.8, 4) is 18.1 Å². The molecular weight excluding hydrogens is 269 g/mol. The molecular formula is C11H9F3O3S. The quantitative estimate of drug-likeness (QED) is 0.483. The van der Waals surface area contributed by atoms with E-state index in [4.69, 9.17) is 6.42 Å². The second kappa shape index (κ2) is 5.31. The van der Waals surface area contributed by atoms with Crippen LogP contribution in [0.15, 0.2) is 24.3 Å². The Morgan fingerprint density at radius 2 is 1.89 bits per heavy atom. The van der Waals surface area contributed by atoms with Gasteiger partial charge in [-0.3, -0.25) is 0 Å². The van der Waals surface area contributed by atoms with Crippen LogP contribution in [0.4, 0.5) is 13.2 Å². The van der Waals surface area contributed by atoms with Gasteiger partial charge in [-0.05, 0) is 18.1 Å². The first-order chi connectivity index (χ1) is 8.28. The fourth-order valence-electron chi connectivity index (χ4n) is 1.16. The summed E-state index contributed by atoms with van der Waals surface area (Å²) in [7, 11) is -5.65. The van der Waals surface area contributed by atoms with Gasteiger partial charge in [0.2, 0.25) is 0 Å². The van der Waals surface area contributed by atoms with Gasteiger partial charge in [0.05, 0.1) is 0 Å². The number of terminal acetylenes is 1. The van der Waals surface area contributed by atoms with Gasteiger partial charge in [-0.2, -0.15) is 21.6 Å². The van der Waals surface area contributed by atoms with E-state index < -0.39 is 15.6 Å². The minimum atomic E-state index is -5.65. The van der Waals surface area contributed by atoms with Crippen molar-refractivity contribution in [2.45, 2.75) is 18.3 Å². The zero-order valence-electron chi connectivity index (χ0n) is 9.07. The first kappa shape index (κ1) is 14.4. The molecule has 0 saturated carbocycles. The maximum Gasteiger partial charge on any atom is 0.534 e. The van der Waals surface area contributed by atoms with E-state index in [-0.39, 0.29) is 18.6 Å². The molecule has 7 heteroatoms. The lowest BCUT2D eigenvalue weighted by Gasteiger charge is -2.12. The molecule has 0 fully saturated rings. The number of hydrogen-bond donors (Lipinski definition) is 0. The van der Waals surface area contributed by atoms with Gasteiger partial charge in [0, 0.05) is 6.42 Å². The summed E-state index contributed by atoms with van der Waals surface area (Å²) in [6.07, 6.45) is 5.54. The molecule has 0 aliphatic heterocycles. The summed E-state index contributed by atoms with van der Waals surface area (Å²) in [5, 5.41) is 0. The molecule has 0 amide bonds. The molecule has 0 aromatic heterocycles. The summed E-state index contributed by atoms with van der Waals surface area (Å²) in [6, 6.07) is 5.53. The van der Waals surface area contributed by atoms with Crippen molar-refractivity contribution in [2.75, 3.05) is 0 Å². The van der Waals surface area contributed by atoms with E-state index >= 15 is 0 Å². The van der Waals surface area contributed by atoms with E-state index in [2.05, 4.69) is 10.1 Å². The normalized spacial score (nSPS) is 11.9. The lowest BCUT2D eigenvalue weighted by Crippen LogP contribution is -2.28. The van der Waals surface area contributed by atoms with Gasteiger partial charge in [0.25, 0.3) is 0 Å². The molecule has 1 aromatic rings. The molecule has 3 nitrogen and oxygen atoms in total. The van der Waals surface area contributed by atoms with Gasteiger partial charge >= 0.3 is 15.6 Å². The standard InChI is InChI=1S/C11H9F3O3S/c1-2-3-6-9-7-4-5-8-10(9)17-18(15,16)11(12,13)14/h1,4-5,7-8H,3,6H2. The van der Waals surface area contributed by atoms with Crippen LogP contribution in [0.2, 0.25) is 0 Å². The van der Waals surface area contributed by atoms with Gasteiger partial charge in [-0.25, -0.2) is 0 Å². The van der Waals surface area contributed by atoms with E-state index in [9.17, 15) is 21.6 Å². The molecule has 18 heavy (non-hydrogen) atoms. The van der Waals surface area contributed by atoms with Crippen LogP contribution in [0.5, 0.6) is 5.75 Å². The highest BCUT2D eigenvalue weighted by molar-refractivity contribution is 7.88. The summed E-state index contributed by atoms with van der Waals surface area (Å²) in [4.78, 5) is 0. The second-order valence-electron chi connectivity index (χ2n) is 3.30. The van der Waals surface area contributed by atoms with Gasteiger partial charge in [-0.1, -0.05) is 18.2 Å². The number of aryl methyl sites for hydroxylation is 1. The smallest absolute Gasteiger partial charge is 0.376 e. The highest BCUT2D eigenvalue weighted by Gasteiger charge is 2.48. The maximum atomic E-state index is 12.2. The molecule has 0 bridgehead atoms. The predicted octanol–water partition coefficient (Wildman–Crippen LogP) is 2.48. The van der Waals surface area contributed by atoms with Crippen LogP contribution in [0.3, 0.4) is 0 Å². The number of halogens is 3. The number of para-hydroxylation sites is 1. The Bertz CT molecular complexity index is 556. The highest BCUT2D eigenvalue weighted by atomic mass is 32.2. The SMILES string of the molecule is C#CCCc1ccccc1OS(=O)(=O)C(F)(F)F. The third kappa shape index (κ3) is 3.40. The van der Waals surface area contributed by atoms with Crippen LogP contribution in [0.25, 0.3) is 0 Å². The number of hydrogen-bond acceptors (Lipinski definition) is 3. The van der Waals surface area contributed by atoms with Crippen LogP contribution in [-0.4, -0.2) is 13.9 Å². The third-order valence-electron chi connectivity index (χ3n) is 1.99. The first-order valence-corrected chi connectivity index (χ1v) is 6.21. The van der Waals surface area contributed by atoms with Crippen molar-refractivity contribution in [1.82, 2.24) is 0 Å². The van der Waals surface area contributed by atoms with Crippen molar-refractivity contribution in [3.63, 3.8) is 0 Å². The number of alkyl halides is 3. The Kier molecular flexibility index (Phi) is 4.24. The molecule has 98 valence electrons. The minimum Gasteiger partial charge on any atom is -0.376 e. The van der Waals surface area contributed by atoms with E-state index in [1.807, 2.05) is 0 Å². The average molecular weight is 278 g/mol. The molecule has 0 atom stereocenters. The van der Waals surface area contributed by atoms with Gasteiger partial charge in [-0.15, -0.1) is 12.3 Å². The fourth-order valence-corrected chi connectivity index (χ4v) is 1.66. The summed E-state index contributed by atoms with van der Waals surface area (Å²) in [5.41, 5.74) is -5.14. The monoisotopic (exact) mass is 278 g/mol. The molecule has 1 rings (SSSR count). The van der Waals surface area contributed by atoms with Gasteiger partial charge in [0.1, 0.15) is 5.75 Å². The van der Waals surface area contributed by atoms with Crippen LogP contribution in [0.1, 0.15) is 12.0 Å². The average Bonchev–Trinajstić information content (AvgIpc) is 2.26. The topological polar surface area (TPSA) is 43.4 Å². The molecule has 0 heterocycles. The van der Waals surface area contributed by atoms with E-state index in [1.165, 1.54) is 12.1 Å². The Morgan fingerprint density at radius 3 is 2.44 bits per heavy atom. The summed E-state index contributed by atoms with van der Waals surface area (Å²) in [6.45, 7) is 0. The van der Waals surface area contributed by atoms with Crippen molar-refractivity contribution in [3.05, 3.63) is 29.8 Å². The lowest BCUT2D eigenvalue weighted by molar-refractivity contribution is -0.0500. The van der Waals surface area contributed by atoms with Gasteiger partial charge in [0.15, 0.2) is 0 Å². The molecule has 0 aliphatic carbocycles. The Labute approximate surface area is 103 Å². The van der Waals surface area contributed by atoms with E-state index in [1.54, 1.807) is 6.07 Å². The fraction of sp³-hybridized carbons (Fsp3) is 0.273. The number of rotatable bonds is 4. The Balaban J connectivity index is 3.02. The van der Waals surface area contributed by atoms with Crippen molar-refractivity contribution in [2.24, 2.45) is 0 Å². The lowest BCUT2D eigenvalue weighted by atomic mass is 10.1. The Hall–Kier alpha value is -1.68. The molecule has 0 aliphatic rings. The summed E-state index contributed by atoms with van der Waals surface area (Å²) < 4.78 is 62.3. The first-order valence-electron chi connectivity index (χ1n) is 4.80. The van der Waals surface area contributed by atoms with Crippen molar-refractivity contribution in [1.29, 1.82) is 0 Å². The molecule has 0 unspecified atom stereocenters. The molecule has 1 aromatic carbocycles. The maximum absolute atomic E-state index is 12.2. The van der Waals surface area contributed by atoms with Crippen LogP contribution >= 0.6 is 0 Å². The molecule has 0 spiro atoms. The zero-order valence-corrected chi connectivity index (χ0v) is 9.88. The third-order valence-corrected chi connectivity index (χ3v) is 2.96. The van der Waals surface area contributed by atoms with Crippen LogP contribution in [-0.2, 0) is 16.5 Å². The molecule has 0 N–H and O–H groups in total. The number of benzene rings is 1. The summed E-state index contributed by atoms with van der Waals surface area (Å²) >= 11 is 0. The largest absolute Gasteiger partial charge is 0.534 e. The molecule has 0 radical (unpaired) electrons. The van der Waals surface area contributed by atoms with E-state index in [0.29, 0.717) is 5.56 Å². The zero-order chi connectivity index (χ0) is 13.8. The van der Waals surface area contributed by atoms with E-state index in [0.717, 1.165) is 6.07 Å². The second-order valence-corrected chi connectivity index (χ2v) is 4.83. The highest BCUT2D eigenvalue weighted by Crippen LogP contribution is 2.29.